The lowest BCUT2D eigenvalue weighted by Gasteiger charge is -2.38. The highest BCUT2D eigenvalue weighted by molar-refractivity contribution is 14.1. The van der Waals surface area contributed by atoms with Gasteiger partial charge in [-0.2, -0.15) is 0 Å². The highest BCUT2D eigenvalue weighted by atomic mass is 127. The topological polar surface area (TPSA) is 29.5 Å². The van der Waals surface area contributed by atoms with Crippen LogP contribution in [0.3, 0.4) is 0 Å². The van der Waals surface area contributed by atoms with E-state index in [-0.39, 0.29) is 9.15 Å². The third-order valence-corrected chi connectivity index (χ3v) is 8.86. The predicted molar refractivity (Wildman–Crippen MR) is 75.5 cm³/mol. The SMILES string of the molecule is C#CCC(O)[C@H](I)O[Si](C)(C)C(C)(C)C. The van der Waals surface area contributed by atoms with E-state index in [9.17, 15) is 5.11 Å². The molecule has 15 heavy (non-hydrogen) atoms. The zero-order valence-corrected chi connectivity index (χ0v) is 13.3. The molecule has 0 heterocycles. The summed E-state index contributed by atoms with van der Waals surface area (Å²) in [5, 5.41) is 9.85. The van der Waals surface area contributed by atoms with E-state index in [0.717, 1.165) is 0 Å². The highest BCUT2D eigenvalue weighted by Crippen LogP contribution is 2.38. The molecular weight excluding hydrogens is 319 g/mol. The van der Waals surface area contributed by atoms with Crippen LogP contribution in [0.1, 0.15) is 27.2 Å². The molecule has 0 aliphatic heterocycles. The molecule has 0 aromatic rings. The van der Waals surface area contributed by atoms with Crippen LogP contribution >= 0.6 is 22.6 Å². The molecule has 4 heteroatoms. The molecule has 0 aromatic heterocycles. The number of aliphatic hydroxyl groups excluding tert-OH is 1. The van der Waals surface area contributed by atoms with E-state index in [4.69, 9.17) is 10.8 Å². The maximum absolute atomic E-state index is 9.69. The normalized spacial score (nSPS) is 16.9. The van der Waals surface area contributed by atoms with Gasteiger partial charge in [0.2, 0.25) is 0 Å². The third-order valence-electron chi connectivity index (χ3n) is 2.84. The Morgan fingerprint density at radius 2 is 1.93 bits per heavy atom. The number of aliphatic hydroxyl groups is 1. The maximum atomic E-state index is 9.69. The number of hydrogen-bond acceptors (Lipinski definition) is 2. The number of terminal acetylenes is 1. The molecule has 0 aliphatic rings. The molecule has 0 saturated heterocycles. The summed E-state index contributed by atoms with van der Waals surface area (Å²) >= 11 is 2.12. The molecule has 0 aliphatic carbocycles. The second-order valence-corrected chi connectivity index (χ2v) is 11.2. The fourth-order valence-electron chi connectivity index (χ4n) is 0.750. The van der Waals surface area contributed by atoms with Crippen LogP contribution in [0.25, 0.3) is 0 Å². The molecule has 2 atom stereocenters. The van der Waals surface area contributed by atoms with Crippen LogP contribution in [0.4, 0.5) is 0 Å². The molecule has 0 aromatic carbocycles. The largest absolute Gasteiger partial charge is 0.403 e. The Bertz CT molecular complexity index is 240. The highest BCUT2D eigenvalue weighted by Gasteiger charge is 2.39. The first-order chi connectivity index (χ1) is 6.62. The van der Waals surface area contributed by atoms with E-state index in [0.29, 0.717) is 6.42 Å². The van der Waals surface area contributed by atoms with Gasteiger partial charge in [0.1, 0.15) is 4.11 Å². The Morgan fingerprint density at radius 3 is 2.27 bits per heavy atom. The summed E-state index contributed by atoms with van der Waals surface area (Å²) < 4.78 is 5.79. The van der Waals surface area contributed by atoms with Gasteiger partial charge in [-0.05, 0) is 40.7 Å². The molecular formula is C11H21IO2Si. The van der Waals surface area contributed by atoms with Crippen LogP contribution < -0.4 is 0 Å². The molecule has 0 spiro atoms. The first kappa shape index (κ1) is 15.4. The second kappa shape index (κ2) is 5.67. The first-order valence-electron chi connectivity index (χ1n) is 5.05. The molecule has 0 rings (SSSR count). The van der Waals surface area contributed by atoms with Crippen molar-refractivity contribution in [2.24, 2.45) is 0 Å². The average molecular weight is 340 g/mol. The minimum atomic E-state index is -1.80. The lowest BCUT2D eigenvalue weighted by atomic mass is 10.2. The van der Waals surface area contributed by atoms with Crippen molar-refractivity contribution in [3.63, 3.8) is 0 Å². The fraction of sp³-hybridized carbons (Fsp3) is 0.818. The first-order valence-corrected chi connectivity index (χ1v) is 9.20. The minimum absolute atomic E-state index is 0.159. The molecule has 0 amide bonds. The lowest BCUT2D eigenvalue weighted by Crippen LogP contribution is -2.45. The van der Waals surface area contributed by atoms with Crippen LogP contribution in [0.2, 0.25) is 18.1 Å². The van der Waals surface area contributed by atoms with Crippen molar-refractivity contribution in [2.75, 3.05) is 0 Å². The molecule has 0 saturated carbocycles. The van der Waals surface area contributed by atoms with Gasteiger partial charge in [0.25, 0.3) is 0 Å². The van der Waals surface area contributed by atoms with Gasteiger partial charge in [-0.3, -0.25) is 0 Å². The van der Waals surface area contributed by atoms with E-state index in [1.165, 1.54) is 0 Å². The Labute approximate surface area is 108 Å². The molecule has 1 unspecified atom stereocenters. The number of hydrogen-bond donors (Lipinski definition) is 1. The monoisotopic (exact) mass is 340 g/mol. The third kappa shape index (κ3) is 4.85. The van der Waals surface area contributed by atoms with Crippen LogP contribution in [0.15, 0.2) is 0 Å². The molecule has 2 nitrogen and oxygen atoms in total. The van der Waals surface area contributed by atoms with E-state index in [1.54, 1.807) is 0 Å². The van der Waals surface area contributed by atoms with Crippen LogP contribution in [-0.4, -0.2) is 23.6 Å². The van der Waals surface area contributed by atoms with Gasteiger partial charge in [-0.1, -0.05) is 20.8 Å². The van der Waals surface area contributed by atoms with Gasteiger partial charge < -0.3 is 9.53 Å². The summed E-state index contributed by atoms with van der Waals surface area (Å²) in [6, 6.07) is 0. The molecule has 0 bridgehead atoms. The Balaban J connectivity index is 4.41. The van der Waals surface area contributed by atoms with Gasteiger partial charge in [0.05, 0.1) is 6.10 Å². The summed E-state index contributed by atoms with van der Waals surface area (Å²) in [7, 11) is -1.80. The van der Waals surface area contributed by atoms with Crippen LogP contribution in [0.5, 0.6) is 0 Å². The fourth-order valence-corrected chi connectivity index (χ4v) is 3.98. The zero-order valence-electron chi connectivity index (χ0n) is 10.2. The Morgan fingerprint density at radius 1 is 1.47 bits per heavy atom. The molecule has 0 fully saturated rings. The smallest absolute Gasteiger partial charge is 0.193 e. The molecule has 88 valence electrons. The number of halogens is 1. The van der Waals surface area contributed by atoms with Gasteiger partial charge >= 0.3 is 0 Å². The van der Waals surface area contributed by atoms with Crippen molar-refractivity contribution < 1.29 is 9.53 Å². The van der Waals surface area contributed by atoms with Crippen molar-refractivity contribution >= 4 is 30.9 Å². The van der Waals surface area contributed by atoms with E-state index in [2.05, 4.69) is 62.4 Å². The van der Waals surface area contributed by atoms with Gasteiger partial charge in [0.15, 0.2) is 8.32 Å². The van der Waals surface area contributed by atoms with Gasteiger partial charge in [-0.15, -0.1) is 12.3 Å². The van der Waals surface area contributed by atoms with Crippen molar-refractivity contribution in [2.45, 2.75) is 55.5 Å². The predicted octanol–water partition coefficient (Wildman–Crippen LogP) is 3.15. The number of rotatable bonds is 4. The molecule has 1 N–H and O–H groups in total. The van der Waals surface area contributed by atoms with Gasteiger partial charge in [-0.25, -0.2) is 0 Å². The van der Waals surface area contributed by atoms with Crippen LogP contribution in [0, 0.1) is 12.3 Å². The summed E-state index contributed by atoms with van der Waals surface area (Å²) in [6.07, 6.45) is 4.94. The van der Waals surface area contributed by atoms with E-state index < -0.39 is 14.4 Å². The second-order valence-electron chi connectivity index (χ2n) is 5.20. The maximum Gasteiger partial charge on any atom is 0.193 e. The molecule has 0 radical (unpaired) electrons. The van der Waals surface area contributed by atoms with E-state index in [1.807, 2.05) is 0 Å². The summed E-state index contributed by atoms with van der Waals surface area (Å²) in [4.78, 5) is 0. The van der Waals surface area contributed by atoms with Crippen molar-refractivity contribution in [1.29, 1.82) is 0 Å². The standard InChI is InChI=1S/C11H21IO2Si/c1-7-8-9(13)10(12)14-15(5,6)11(2,3)4/h1,9-10,13H,8H2,2-6H3/t9?,10-/m1/s1. The Kier molecular flexibility index (Phi) is 5.83. The Hall–Kier alpha value is 0.427. The quantitative estimate of drug-likeness (QED) is 0.369. The van der Waals surface area contributed by atoms with Crippen molar-refractivity contribution in [3.8, 4) is 12.3 Å². The van der Waals surface area contributed by atoms with Gasteiger partial charge in [0, 0.05) is 6.42 Å². The zero-order chi connectivity index (χ0) is 12.3. The summed E-state index contributed by atoms with van der Waals surface area (Å²) in [5.74, 6) is 2.45. The minimum Gasteiger partial charge on any atom is -0.403 e. The van der Waals surface area contributed by atoms with Crippen LogP contribution in [-0.2, 0) is 4.43 Å². The van der Waals surface area contributed by atoms with E-state index >= 15 is 0 Å². The van der Waals surface area contributed by atoms with Crippen molar-refractivity contribution in [1.82, 2.24) is 0 Å². The number of alkyl halides is 1. The average Bonchev–Trinajstić information content (AvgIpc) is 2.01. The van der Waals surface area contributed by atoms with Crippen molar-refractivity contribution in [3.05, 3.63) is 0 Å². The lowest BCUT2D eigenvalue weighted by molar-refractivity contribution is 0.0922. The summed E-state index contributed by atoms with van der Waals surface area (Å²) in [5.41, 5.74) is 0. The summed E-state index contributed by atoms with van der Waals surface area (Å²) in [6.45, 7) is 10.9.